The normalized spacial score (nSPS) is 12.4. The third-order valence-electron chi connectivity index (χ3n) is 4.13. The molecule has 0 bridgehead atoms. The number of rotatable bonds is 10. The molecule has 0 saturated heterocycles. The van der Waals surface area contributed by atoms with E-state index >= 15 is 0 Å². The van der Waals surface area contributed by atoms with Gasteiger partial charge in [-0.15, -0.1) is 0 Å². The van der Waals surface area contributed by atoms with E-state index in [-0.39, 0.29) is 18.0 Å². The summed E-state index contributed by atoms with van der Waals surface area (Å²) in [4.78, 5) is 11.9. The standard InChI is InChI=1S/C21H27NO5S/c1-3-7-19(27-28(24,25)20-12-10-17(2)11-13-20)14-15-22-21(23)26-16-18-8-5-4-6-9-18/h4-6,8-13,19H,3,7,14-16H2,1-2H3,(H,22,23). The predicted molar refractivity (Wildman–Crippen MR) is 107 cm³/mol. The summed E-state index contributed by atoms with van der Waals surface area (Å²) in [5.74, 6) is 0. The van der Waals surface area contributed by atoms with Crippen LogP contribution in [0.5, 0.6) is 0 Å². The molecule has 1 unspecified atom stereocenters. The second-order valence-electron chi connectivity index (χ2n) is 6.55. The Morgan fingerprint density at radius 3 is 2.36 bits per heavy atom. The summed E-state index contributed by atoms with van der Waals surface area (Å²) in [7, 11) is -3.84. The van der Waals surface area contributed by atoms with E-state index < -0.39 is 22.3 Å². The molecule has 0 fully saturated rings. The van der Waals surface area contributed by atoms with Gasteiger partial charge in [-0.2, -0.15) is 8.42 Å². The highest BCUT2D eigenvalue weighted by atomic mass is 32.2. The summed E-state index contributed by atoms with van der Waals surface area (Å²) < 4.78 is 35.4. The molecule has 7 heteroatoms. The minimum Gasteiger partial charge on any atom is -0.445 e. The molecule has 6 nitrogen and oxygen atoms in total. The summed E-state index contributed by atoms with van der Waals surface area (Å²) in [5.41, 5.74) is 1.87. The van der Waals surface area contributed by atoms with Crippen molar-refractivity contribution >= 4 is 16.2 Å². The maximum Gasteiger partial charge on any atom is 0.407 e. The van der Waals surface area contributed by atoms with Crippen molar-refractivity contribution in [3.63, 3.8) is 0 Å². The van der Waals surface area contributed by atoms with E-state index in [0.717, 1.165) is 17.5 Å². The summed E-state index contributed by atoms with van der Waals surface area (Å²) in [6, 6.07) is 15.9. The van der Waals surface area contributed by atoms with Crippen molar-refractivity contribution in [1.82, 2.24) is 5.32 Å². The van der Waals surface area contributed by atoms with Crippen LogP contribution in [0.15, 0.2) is 59.5 Å². The average Bonchev–Trinajstić information content (AvgIpc) is 2.67. The van der Waals surface area contributed by atoms with Gasteiger partial charge >= 0.3 is 6.09 Å². The first-order valence-corrected chi connectivity index (χ1v) is 10.8. The maximum absolute atomic E-state index is 12.5. The van der Waals surface area contributed by atoms with Gasteiger partial charge in [0.15, 0.2) is 0 Å². The molecule has 0 saturated carbocycles. The third kappa shape index (κ3) is 7.32. The predicted octanol–water partition coefficient (Wildman–Crippen LogP) is 4.19. The second-order valence-corrected chi connectivity index (χ2v) is 8.12. The molecule has 2 aromatic carbocycles. The number of hydrogen-bond donors (Lipinski definition) is 1. The molecule has 0 heterocycles. The van der Waals surface area contributed by atoms with Crippen molar-refractivity contribution in [3.8, 4) is 0 Å². The zero-order valence-corrected chi connectivity index (χ0v) is 17.1. The highest BCUT2D eigenvalue weighted by Gasteiger charge is 2.21. The van der Waals surface area contributed by atoms with Gasteiger partial charge in [-0.3, -0.25) is 4.18 Å². The first-order chi connectivity index (χ1) is 13.4. The van der Waals surface area contributed by atoms with Gasteiger partial charge in [0.25, 0.3) is 10.1 Å². The van der Waals surface area contributed by atoms with Crippen molar-refractivity contribution in [2.75, 3.05) is 6.54 Å². The molecule has 152 valence electrons. The number of nitrogens with one attached hydrogen (secondary N) is 1. The van der Waals surface area contributed by atoms with Crippen molar-refractivity contribution in [2.45, 2.75) is 50.7 Å². The zero-order chi connectivity index (χ0) is 20.4. The van der Waals surface area contributed by atoms with Gasteiger partial charge in [-0.1, -0.05) is 61.4 Å². The lowest BCUT2D eigenvalue weighted by molar-refractivity contribution is 0.136. The molecule has 1 amide bonds. The molecule has 2 rings (SSSR count). The highest BCUT2D eigenvalue weighted by Crippen LogP contribution is 2.18. The van der Waals surface area contributed by atoms with E-state index in [4.69, 9.17) is 8.92 Å². The van der Waals surface area contributed by atoms with Crippen LogP contribution >= 0.6 is 0 Å². The van der Waals surface area contributed by atoms with Gasteiger partial charge in [-0.05, 0) is 37.5 Å². The van der Waals surface area contributed by atoms with Gasteiger partial charge < -0.3 is 10.1 Å². The average molecular weight is 406 g/mol. The molecule has 1 N–H and O–H groups in total. The Kier molecular flexibility index (Phi) is 8.47. The van der Waals surface area contributed by atoms with Gasteiger partial charge in [0.2, 0.25) is 0 Å². The van der Waals surface area contributed by atoms with Gasteiger partial charge in [-0.25, -0.2) is 4.79 Å². The summed E-state index contributed by atoms with van der Waals surface area (Å²) in [6.45, 7) is 4.29. The van der Waals surface area contributed by atoms with Gasteiger partial charge in [0, 0.05) is 6.54 Å². The maximum atomic E-state index is 12.5. The number of carbonyl (C=O) groups is 1. The molecule has 0 radical (unpaired) electrons. The number of ether oxygens (including phenoxy) is 1. The van der Waals surface area contributed by atoms with E-state index in [9.17, 15) is 13.2 Å². The van der Waals surface area contributed by atoms with E-state index in [2.05, 4.69) is 5.32 Å². The molecule has 0 aliphatic rings. The lowest BCUT2D eigenvalue weighted by atomic mass is 10.1. The second kappa shape index (κ2) is 10.8. The Morgan fingerprint density at radius 1 is 1.04 bits per heavy atom. The van der Waals surface area contributed by atoms with Crippen molar-refractivity contribution in [1.29, 1.82) is 0 Å². The van der Waals surface area contributed by atoms with Crippen LogP contribution in [0.4, 0.5) is 4.79 Å². The smallest absolute Gasteiger partial charge is 0.407 e. The van der Waals surface area contributed by atoms with Crippen LogP contribution in [0.25, 0.3) is 0 Å². The number of amides is 1. The van der Waals surface area contributed by atoms with Crippen LogP contribution in [-0.4, -0.2) is 27.2 Å². The fourth-order valence-electron chi connectivity index (χ4n) is 2.61. The van der Waals surface area contributed by atoms with Crippen LogP contribution in [0.1, 0.15) is 37.3 Å². The van der Waals surface area contributed by atoms with Crippen LogP contribution in [0.3, 0.4) is 0 Å². The van der Waals surface area contributed by atoms with Crippen LogP contribution in [0, 0.1) is 6.92 Å². The first-order valence-electron chi connectivity index (χ1n) is 9.35. The Bertz CT molecular complexity index is 835. The van der Waals surface area contributed by atoms with Gasteiger partial charge in [0.1, 0.15) is 6.61 Å². The highest BCUT2D eigenvalue weighted by molar-refractivity contribution is 7.86. The Hall–Kier alpha value is -2.38. The number of aryl methyl sites for hydroxylation is 1. The van der Waals surface area contributed by atoms with E-state index in [0.29, 0.717) is 12.8 Å². The number of benzene rings is 2. The molecule has 0 aliphatic heterocycles. The van der Waals surface area contributed by atoms with Crippen LogP contribution in [0.2, 0.25) is 0 Å². The van der Waals surface area contributed by atoms with Crippen molar-refractivity contribution in [2.24, 2.45) is 0 Å². The fraction of sp³-hybridized carbons (Fsp3) is 0.381. The minimum atomic E-state index is -3.84. The Balaban J connectivity index is 1.81. The van der Waals surface area contributed by atoms with E-state index in [1.807, 2.05) is 44.2 Å². The van der Waals surface area contributed by atoms with Crippen LogP contribution in [-0.2, 0) is 25.6 Å². The fourth-order valence-corrected chi connectivity index (χ4v) is 3.74. The molecular weight excluding hydrogens is 378 g/mol. The largest absolute Gasteiger partial charge is 0.445 e. The number of hydrogen-bond acceptors (Lipinski definition) is 5. The summed E-state index contributed by atoms with van der Waals surface area (Å²) in [5, 5.41) is 2.64. The molecule has 28 heavy (non-hydrogen) atoms. The lowest BCUT2D eigenvalue weighted by Gasteiger charge is -2.17. The Morgan fingerprint density at radius 2 is 1.71 bits per heavy atom. The van der Waals surface area contributed by atoms with E-state index in [1.165, 1.54) is 12.1 Å². The van der Waals surface area contributed by atoms with Crippen molar-refractivity contribution < 1.29 is 22.1 Å². The molecule has 0 aromatic heterocycles. The molecule has 0 spiro atoms. The van der Waals surface area contributed by atoms with E-state index in [1.54, 1.807) is 12.1 Å². The Labute approximate surface area is 167 Å². The minimum absolute atomic E-state index is 0.134. The SMILES string of the molecule is CCCC(CCNC(=O)OCc1ccccc1)OS(=O)(=O)c1ccc(C)cc1. The summed E-state index contributed by atoms with van der Waals surface area (Å²) in [6.07, 6.45) is 0.670. The molecular formula is C21H27NO5S. The molecule has 1 atom stereocenters. The van der Waals surface area contributed by atoms with Crippen molar-refractivity contribution in [3.05, 3.63) is 65.7 Å². The molecule has 0 aliphatic carbocycles. The third-order valence-corrected chi connectivity index (χ3v) is 5.51. The first kappa shape index (κ1) is 21.9. The lowest BCUT2D eigenvalue weighted by Crippen LogP contribution is -2.29. The number of carbonyl (C=O) groups excluding carboxylic acids is 1. The topological polar surface area (TPSA) is 81.7 Å². The van der Waals surface area contributed by atoms with Gasteiger partial charge in [0.05, 0.1) is 11.0 Å². The number of alkyl carbamates (subject to hydrolysis) is 1. The summed E-state index contributed by atoms with van der Waals surface area (Å²) >= 11 is 0. The molecule has 2 aromatic rings. The monoisotopic (exact) mass is 405 g/mol. The van der Waals surface area contributed by atoms with Crippen LogP contribution < -0.4 is 5.32 Å². The quantitative estimate of drug-likeness (QED) is 0.600. The zero-order valence-electron chi connectivity index (χ0n) is 16.3.